The molecule has 0 spiro atoms. The number of aromatic nitrogens is 2. The fourth-order valence-corrected chi connectivity index (χ4v) is 2.64. The second-order valence-corrected chi connectivity index (χ2v) is 5.29. The quantitative estimate of drug-likeness (QED) is 0.819. The summed E-state index contributed by atoms with van der Waals surface area (Å²) in [6.07, 6.45) is 0. The van der Waals surface area contributed by atoms with Crippen LogP contribution < -0.4 is 5.32 Å². The van der Waals surface area contributed by atoms with Gasteiger partial charge in [0.25, 0.3) is 0 Å². The number of carboxylic acid groups (broad SMARTS) is 1. The van der Waals surface area contributed by atoms with Crippen molar-refractivity contribution in [3.8, 4) is 0 Å². The van der Waals surface area contributed by atoms with Crippen LogP contribution in [0.2, 0.25) is 5.02 Å². The Bertz CT molecular complexity index is 671. The Morgan fingerprint density at radius 2 is 2.25 bits per heavy atom. The van der Waals surface area contributed by atoms with Crippen molar-refractivity contribution in [2.45, 2.75) is 11.7 Å². The molecule has 0 atom stereocenters. The van der Waals surface area contributed by atoms with Crippen molar-refractivity contribution in [1.82, 2.24) is 14.9 Å². The van der Waals surface area contributed by atoms with Gasteiger partial charge in [-0.1, -0.05) is 29.4 Å². The third-order valence-electron chi connectivity index (χ3n) is 2.60. The van der Waals surface area contributed by atoms with Crippen molar-refractivity contribution in [3.63, 3.8) is 0 Å². The van der Waals surface area contributed by atoms with Crippen molar-refractivity contribution in [2.24, 2.45) is 0 Å². The topological polar surface area (TPSA) is 84.2 Å². The lowest BCUT2D eigenvalue weighted by molar-refractivity contribution is -0.133. The van der Waals surface area contributed by atoms with Crippen LogP contribution in [-0.4, -0.2) is 39.3 Å². The second-order valence-electron chi connectivity index (χ2n) is 3.94. The lowest BCUT2D eigenvalue weighted by Gasteiger charge is -2.07. The Morgan fingerprint density at radius 3 is 2.90 bits per heavy atom. The molecule has 106 valence electrons. The molecule has 8 heteroatoms. The number of hydrogen-bond donors (Lipinski definition) is 2. The van der Waals surface area contributed by atoms with Crippen LogP contribution in [0.5, 0.6) is 0 Å². The standard InChI is InChI=1S/C12H12ClN3O3S/c1-14-9(17)5-16-8-4-2-3-7(13)11(8)15-12(16)20-6-10(18)19/h2-4H,5-6H2,1H3,(H,14,17)(H,18,19). The lowest BCUT2D eigenvalue weighted by atomic mass is 10.3. The molecule has 6 nitrogen and oxygen atoms in total. The molecule has 2 N–H and O–H groups in total. The predicted molar refractivity (Wildman–Crippen MR) is 77.2 cm³/mol. The van der Waals surface area contributed by atoms with Crippen LogP contribution in [0.15, 0.2) is 23.4 Å². The van der Waals surface area contributed by atoms with Crippen LogP contribution in [0.3, 0.4) is 0 Å². The number of amides is 1. The van der Waals surface area contributed by atoms with Gasteiger partial charge in [-0.05, 0) is 12.1 Å². The molecule has 0 unspecified atom stereocenters. The number of carboxylic acids is 1. The number of fused-ring (bicyclic) bond motifs is 1. The molecule has 0 saturated carbocycles. The summed E-state index contributed by atoms with van der Waals surface area (Å²) < 4.78 is 1.66. The van der Waals surface area contributed by atoms with E-state index in [0.29, 0.717) is 21.2 Å². The van der Waals surface area contributed by atoms with E-state index >= 15 is 0 Å². The first kappa shape index (κ1) is 14.7. The summed E-state index contributed by atoms with van der Waals surface area (Å²) in [5.41, 5.74) is 1.26. The van der Waals surface area contributed by atoms with E-state index < -0.39 is 5.97 Å². The SMILES string of the molecule is CNC(=O)Cn1c(SCC(=O)O)nc2c(Cl)cccc21. The van der Waals surface area contributed by atoms with E-state index in [2.05, 4.69) is 10.3 Å². The highest BCUT2D eigenvalue weighted by Crippen LogP contribution is 2.28. The average molecular weight is 314 g/mol. The Morgan fingerprint density at radius 1 is 1.50 bits per heavy atom. The lowest BCUT2D eigenvalue weighted by Crippen LogP contribution is -2.23. The average Bonchev–Trinajstić information content (AvgIpc) is 2.76. The zero-order valence-corrected chi connectivity index (χ0v) is 12.2. The molecule has 1 heterocycles. The van der Waals surface area contributed by atoms with Crippen molar-refractivity contribution < 1.29 is 14.7 Å². The van der Waals surface area contributed by atoms with Gasteiger partial charge in [0.05, 0.1) is 16.3 Å². The summed E-state index contributed by atoms with van der Waals surface area (Å²) >= 11 is 7.13. The molecule has 0 aliphatic heterocycles. The summed E-state index contributed by atoms with van der Waals surface area (Å²) in [5, 5.41) is 12.2. The monoisotopic (exact) mass is 313 g/mol. The largest absolute Gasteiger partial charge is 0.481 e. The molecule has 1 aromatic heterocycles. The van der Waals surface area contributed by atoms with Crippen LogP contribution in [-0.2, 0) is 16.1 Å². The molecule has 1 amide bonds. The number of imidazole rings is 1. The third-order valence-corrected chi connectivity index (χ3v) is 3.87. The molecule has 2 aromatic rings. The van der Waals surface area contributed by atoms with Gasteiger partial charge < -0.3 is 15.0 Å². The Balaban J connectivity index is 2.47. The normalized spacial score (nSPS) is 10.7. The first-order valence-electron chi connectivity index (χ1n) is 5.73. The fourth-order valence-electron chi connectivity index (χ4n) is 1.70. The Hall–Kier alpha value is -1.73. The van der Waals surface area contributed by atoms with E-state index in [0.717, 1.165) is 11.8 Å². The van der Waals surface area contributed by atoms with E-state index in [1.807, 2.05) is 0 Å². The van der Waals surface area contributed by atoms with Gasteiger partial charge in [-0.25, -0.2) is 4.98 Å². The van der Waals surface area contributed by atoms with Crippen LogP contribution in [0, 0.1) is 0 Å². The maximum atomic E-state index is 11.6. The van der Waals surface area contributed by atoms with Crippen LogP contribution >= 0.6 is 23.4 Å². The second kappa shape index (κ2) is 6.15. The number of thioether (sulfide) groups is 1. The van der Waals surface area contributed by atoms with Crippen LogP contribution in [0.4, 0.5) is 0 Å². The van der Waals surface area contributed by atoms with Gasteiger partial charge in [-0.3, -0.25) is 9.59 Å². The van der Waals surface area contributed by atoms with E-state index in [9.17, 15) is 9.59 Å². The minimum absolute atomic E-state index is 0.0648. The van der Waals surface area contributed by atoms with Crippen molar-refractivity contribution in [3.05, 3.63) is 23.2 Å². The van der Waals surface area contributed by atoms with Gasteiger partial charge >= 0.3 is 5.97 Å². The number of halogens is 1. The first-order chi connectivity index (χ1) is 9.52. The first-order valence-corrected chi connectivity index (χ1v) is 7.09. The highest BCUT2D eigenvalue weighted by molar-refractivity contribution is 7.99. The van der Waals surface area contributed by atoms with Crippen molar-refractivity contribution in [2.75, 3.05) is 12.8 Å². The maximum absolute atomic E-state index is 11.6. The maximum Gasteiger partial charge on any atom is 0.313 e. The van der Waals surface area contributed by atoms with Gasteiger partial charge in [0.2, 0.25) is 5.91 Å². The zero-order valence-electron chi connectivity index (χ0n) is 10.6. The molecule has 0 bridgehead atoms. The van der Waals surface area contributed by atoms with E-state index in [1.165, 1.54) is 0 Å². The molecule has 2 rings (SSSR count). The van der Waals surface area contributed by atoms with E-state index in [1.54, 1.807) is 29.8 Å². The van der Waals surface area contributed by atoms with Gasteiger partial charge in [0.1, 0.15) is 12.1 Å². The molecule has 20 heavy (non-hydrogen) atoms. The number of hydrogen-bond acceptors (Lipinski definition) is 4. The molecule has 0 aliphatic rings. The summed E-state index contributed by atoms with van der Waals surface area (Å²) in [4.78, 5) is 26.6. The third kappa shape index (κ3) is 3.05. The van der Waals surface area contributed by atoms with Crippen molar-refractivity contribution >= 4 is 46.3 Å². The van der Waals surface area contributed by atoms with E-state index in [4.69, 9.17) is 16.7 Å². The number of carbonyl (C=O) groups excluding carboxylic acids is 1. The fraction of sp³-hybridized carbons (Fsp3) is 0.250. The van der Waals surface area contributed by atoms with E-state index in [-0.39, 0.29) is 18.2 Å². The highest BCUT2D eigenvalue weighted by Gasteiger charge is 2.16. The molecule has 0 radical (unpaired) electrons. The van der Waals surface area contributed by atoms with Gasteiger partial charge in [-0.2, -0.15) is 0 Å². The minimum atomic E-state index is -0.945. The predicted octanol–water partition coefficient (Wildman–Crippen LogP) is 1.61. The molecule has 0 aliphatic carbocycles. The minimum Gasteiger partial charge on any atom is -0.481 e. The number of carbonyl (C=O) groups is 2. The molecule has 1 aromatic carbocycles. The number of likely N-dealkylation sites (N-methyl/N-ethyl adjacent to an activating group) is 1. The number of benzene rings is 1. The van der Waals surface area contributed by atoms with Gasteiger partial charge in [0, 0.05) is 7.05 Å². The number of para-hydroxylation sites is 1. The molecular formula is C12H12ClN3O3S. The number of aliphatic carboxylic acids is 1. The number of nitrogens with one attached hydrogen (secondary N) is 1. The number of nitrogens with zero attached hydrogens (tertiary/aromatic N) is 2. The summed E-state index contributed by atoms with van der Waals surface area (Å²) in [5.74, 6) is -1.27. The Kier molecular flexibility index (Phi) is 4.51. The van der Waals surface area contributed by atoms with Crippen molar-refractivity contribution in [1.29, 1.82) is 0 Å². The summed E-state index contributed by atoms with van der Waals surface area (Å²) in [6, 6.07) is 5.26. The zero-order chi connectivity index (χ0) is 14.7. The van der Waals surface area contributed by atoms with Crippen LogP contribution in [0.25, 0.3) is 11.0 Å². The van der Waals surface area contributed by atoms with Crippen LogP contribution in [0.1, 0.15) is 0 Å². The van der Waals surface area contributed by atoms with Gasteiger partial charge in [-0.15, -0.1) is 0 Å². The number of rotatable bonds is 5. The van der Waals surface area contributed by atoms with Gasteiger partial charge in [0.15, 0.2) is 5.16 Å². The molecular weight excluding hydrogens is 302 g/mol. The smallest absolute Gasteiger partial charge is 0.313 e. The molecule has 0 saturated heterocycles. The summed E-state index contributed by atoms with van der Waals surface area (Å²) in [7, 11) is 1.54. The Labute approximate surface area is 124 Å². The molecule has 0 fully saturated rings. The summed E-state index contributed by atoms with van der Waals surface area (Å²) in [6.45, 7) is 0.0648. The highest BCUT2D eigenvalue weighted by atomic mass is 35.5.